The second-order valence-electron chi connectivity index (χ2n) is 6.58. The Kier molecular flexibility index (Phi) is 11.3. The van der Waals surface area contributed by atoms with Gasteiger partial charge in [0.25, 0.3) is 0 Å². The molecule has 0 aliphatic carbocycles. The van der Waals surface area contributed by atoms with Gasteiger partial charge in [-0.25, -0.2) is 0 Å². The van der Waals surface area contributed by atoms with Crippen molar-refractivity contribution in [3.8, 4) is 0 Å². The monoisotopic (exact) mass is 404 g/mol. The fourth-order valence-corrected chi connectivity index (χ4v) is 2.89. The van der Waals surface area contributed by atoms with Crippen LogP contribution in [0.25, 0.3) is 0 Å². The van der Waals surface area contributed by atoms with Crippen LogP contribution >= 0.6 is 24.8 Å². The van der Waals surface area contributed by atoms with Crippen molar-refractivity contribution in [1.82, 2.24) is 15.1 Å². The van der Waals surface area contributed by atoms with Gasteiger partial charge in [0.05, 0.1) is 6.54 Å². The smallest absolute Gasteiger partial charge is 0.234 e. The number of amides is 2. The molecule has 1 aromatic rings. The summed E-state index contributed by atoms with van der Waals surface area (Å²) in [5.41, 5.74) is 7.68. The van der Waals surface area contributed by atoms with Gasteiger partial charge in [0.1, 0.15) is 0 Å². The number of benzene rings is 1. The minimum atomic E-state index is 0. The van der Waals surface area contributed by atoms with Crippen molar-refractivity contribution < 1.29 is 9.59 Å². The van der Waals surface area contributed by atoms with Crippen molar-refractivity contribution in [2.24, 2.45) is 0 Å². The summed E-state index contributed by atoms with van der Waals surface area (Å²) in [4.78, 5) is 28.1. The van der Waals surface area contributed by atoms with Crippen LogP contribution in [0.5, 0.6) is 0 Å². The summed E-state index contributed by atoms with van der Waals surface area (Å²) < 4.78 is 0. The van der Waals surface area contributed by atoms with Gasteiger partial charge in [-0.3, -0.25) is 14.5 Å². The lowest BCUT2D eigenvalue weighted by Crippen LogP contribution is -2.51. The van der Waals surface area contributed by atoms with E-state index >= 15 is 0 Å². The number of anilines is 1. The third kappa shape index (κ3) is 7.81. The number of aryl methyl sites for hydroxylation is 1. The van der Waals surface area contributed by atoms with E-state index in [1.165, 1.54) is 0 Å². The standard InChI is InChI=1S/C18H28N4O2.2ClH/c1-14(2)20-17(23)13-21-9-11-22(12-10-21)18(24)8-7-15-5-3-4-6-16(15)19;;/h3-6,14H,7-13,19H2,1-2H3,(H,20,23);2*1H. The maximum absolute atomic E-state index is 12.3. The van der Waals surface area contributed by atoms with Crippen molar-refractivity contribution in [1.29, 1.82) is 0 Å². The highest BCUT2D eigenvalue weighted by Crippen LogP contribution is 2.14. The molecule has 1 saturated heterocycles. The predicted octanol–water partition coefficient (Wildman–Crippen LogP) is 1.71. The van der Waals surface area contributed by atoms with Crippen LogP contribution < -0.4 is 11.1 Å². The first-order valence-corrected chi connectivity index (χ1v) is 8.58. The largest absolute Gasteiger partial charge is 0.399 e. The number of nitrogens with two attached hydrogens (primary N) is 1. The molecule has 0 saturated carbocycles. The zero-order valence-electron chi connectivity index (χ0n) is 15.4. The molecular formula is C18H30Cl2N4O2. The normalized spacial score (nSPS) is 14.3. The Bertz CT molecular complexity index is 576. The van der Waals surface area contributed by atoms with Gasteiger partial charge in [-0.2, -0.15) is 0 Å². The molecule has 26 heavy (non-hydrogen) atoms. The minimum Gasteiger partial charge on any atom is -0.399 e. The van der Waals surface area contributed by atoms with Crippen LogP contribution in [-0.2, 0) is 16.0 Å². The highest BCUT2D eigenvalue weighted by molar-refractivity contribution is 5.85. The second-order valence-corrected chi connectivity index (χ2v) is 6.58. The summed E-state index contributed by atoms with van der Waals surface area (Å²) in [6.07, 6.45) is 1.14. The molecule has 0 unspecified atom stereocenters. The third-order valence-electron chi connectivity index (χ3n) is 4.21. The molecule has 2 rings (SSSR count). The summed E-state index contributed by atoms with van der Waals surface area (Å²) in [5.74, 6) is 0.203. The SMILES string of the molecule is CC(C)NC(=O)CN1CCN(C(=O)CCc2ccccc2N)CC1.Cl.Cl. The summed E-state index contributed by atoms with van der Waals surface area (Å²) >= 11 is 0. The van der Waals surface area contributed by atoms with E-state index in [2.05, 4.69) is 10.2 Å². The van der Waals surface area contributed by atoms with Gasteiger partial charge in [0.2, 0.25) is 11.8 Å². The maximum atomic E-state index is 12.3. The van der Waals surface area contributed by atoms with Crippen LogP contribution in [-0.4, -0.2) is 60.4 Å². The zero-order valence-corrected chi connectivity index (χ0v) is 17.1. The van der Waals surface area contributed by atoms with E-state index in [1.54, 1.807) is 0 Å². The van der Waals surface area contributed by atoms with Crippen molar-refractivity contribution in [3.63, 3.8) is 0 Å². The molecule has 1 aliphatic rings. The molecule has 0 atom stereocenters. The maximum Gasteiger partial charge on any atom is 0.234 e. The number of hydrogen-bond donors (Lipinski definition) is 2. The van der Waals surface area contributed by atoms with Crippen LogP contribution in [0.2, 0.25) is 0 Å². The Morgan fingerprint density at radius 1 is 1.12 bits per heavy atom. The average Bonchev–Trinajstić information content (AvgIpc) is 2.53. The van der Waals surface area contributed by atoms with E-state index in [-0.39, 0.29) is 42.7 Å². The molecule has 1 heterocycles. The number of rotatable bonds is 6. The number of para-hydroxylation sites is 1. The Balaban J connectivity index is 0.00000312. The molecule has 8 heteroatoms. The van der Waals surface area contributed by atoms with Gasteiger partial charge in [-0.05, 0) is 31.9 Å². The van der Waals surface area contributed by atoms with Crippen molar-refractivity contribution >= 4 is 42.3 Å². The quantitative estimate of drug-likeness (QED) is 0.707. The van der Waals surface area contributed by atoms with Crippen LogP contribution in [0.4, 0.5) is 5.69 Å². The summed E-state index contributed by atoms with van der Waals surface area (Å²) in [5, 5.41) is 2.89. The number of halogens is 2. The number of nitrogen functional groups attached to an aromatic ring is 1. The minimum absolute atomic E-state index is 0. The van der Waals surface area contributed by atoms with Crippen molar-refractivity contribution in [2.75, 3.05) is 38.5 Å². The fourth-order valence-electron chi connectivity index (χ4n) is 2.89. The Hall–Kier alpha value is -1.50. The number of nitrogens with one attached hydrogen (secondary N) is 1. The van der Waals surface area contributed by atoms with Gasteiger partial charge < -0.3 is 16.0 Å². The average molecular weight is 405 g/mol. The van der Waals surface area contributed by atoms with Gasteiger partial charge in [0.15, 0.2) is 0 Å². The van der Waals surface area contributed by atoms with E-state index in [4.69, 9.17) is 5.73 Å². The van der Waals surface area contributed by atoms with Gasteiger partial charge >= 0.3 is 0 Å². The molecule has 0 aromatic heterocycles. The topological polar surface area (TPSA) is 78.7 Å². The van der Waals surface area contributed by atoms with Gasteiger partial charge in [-0.15, -0.1) is 24.8 Å². The van der Waals surface area contributed by atoms with Crippen molar-refractivity contribution in [2.45, 2.75) is 32.7 Å². The van der Waals surface area contributed by atoms with Crippen LogP contribution in [0.3, 0.4) is 0 Å². The first-order valence-electron chi connectivity index (χ1n) is 8.58. The highest BCUT2D eigenvalue weighted by atomic mass is 35.5. The Labute approximate surface area is 168 Å². The number of nitrogens with zero attached hydrogens (tertiary/aromatic N) is 2. The number of hydrogen-bond acceptors (Lipinski definition) is 4. The zero-order chi connectivity index (χ0) is 17.5. The predicted molar refractivity (Wildman–Crippen MR) is 110 cm³/mol. The number of carbonyl (C=O) groups excluding carboxylic acids is 2. The molecule has 0 spiro atoms. The lowest BCUT2D eigenvalue weighted by Gasteiger charge is -2.34. The number of piperazine rings is 1. The van der Waals surface area contributed by atoms with Gasteiger partial charge in [0, 0.05) is 44.3 Å². The van der Waals surface area contributed by atoms with E-state index in [0.29, 0.717) is 32.5 Å². The lowest BCUT2D eigenvalue weighted by molar-refractivity contribution is -0.133. The molecular weight excluding hydrogens is 375 g/mol. The lowest BCUT2D eigenvalue weighted by atomic mass is 10.1. The molecule has 0 radical (unpaired) electrons. The van der Waals surface area contributed by atoms with Crippen LogP contribution in [0.1, 0.15) is 25.8 Å². The van der Waals surface area contributed by atoms with Crippen LogP contribution in [0, 0.1) is 0 Å². The van der Waals surface area contributed by atoms with E-state index in [1.807, 2.05) is 43.0 Å². The first-order chi connectivity index (χ1) is 11.5. The van der Waals surface area contributed by atoms with Gasteiger partial charge in [-0.1, -0.05) is 18.2 Å². The molecule has 1 fully saturated rings. The van der Waals surface area contributed by atoms with Crippen molar-refractivity contribution in [3.05, 3.63) is 29.8 Å². The summed E-state index contributed by atoms with van der Waals surface area (Å²) in [6, 6.07) is 7.83. The Morgan fingerprint density at radius 3 is 2.31 bits per heavy atom. The van der Waals surface area contributed by atoms with Crippen LogP contribution in [0.15, 0.2) is 24.3 Å². The van der Waals surface area contributed by atoms with E-state index in [9.17, 15) is 9.59 Å². The number of carbonyl (C=O) groups is 2. The Morgan fingerprint density at radius 2 is 1.73 bits per heavy atom. The molecule has 1 aliphatic heterocycles. The molecule has 1 aromatic carbocycles. The molecule has 148 valence electrons. The second kappa shape index (κ2) is 12.0. The van der Waals surface area contributed by atoms with E-state index in [0.717, 1.165) is 24.3 Å². The van der Waals surface area contributed by atoms with E-state index < -0.39 is 0 Å². The summed E-state index contributed by atoms with van der Waals surface area (Å²) in [6.45, 7) is 7.15. The molecule has 0 bridgehead atoms. The first kappa shape index (κ1) is 24.5. The molecule has 6 nitrogen and oxygen atoms in total. The molecule has 2 amide bonds. The summed E-state index contributed by atoms with van der Waals surface area (Å²) in [7, 11) is 0. The fraction of sp³-hybridized carbons (Fsp3) is 0.556. The highest BCUT2D eigenvalue weighted by Gasteiger charge is 2.22. The third-order valence-corrected chi connectivity index (χ3v) is 4.21. The molecule has 3 N–H and O–H groups in total.